The van der Waals surface area contributed by atoms with Gasteiger partial charge in [-0.15, -0.1) is 0 Å². The molecule has 0 saturated heterocycles. The van der Waals surface area contributed by atoms with E-state index in [1.807, 2.05) is 108 Å². The van der Waals surface area contributed by atoms with Gasteiger partial charge in [-0.25, -0.2) is 0 Å². The fraction of sp³-hybridized carbons (Fsp3) is 0.417. The van der Waals surface area contributed by atoms with Crippen LogP contribution in [-0.2, 0) is 9.47 Å². The monoisotopic (exact) mass is 706 g/mol. The molecule has 0 bridgehead atoms. The van der Waals surface area contributed by atoms with E-state index in [-0.39, 0.29) is 6.29 Å². The highest BCUT2D eigenvalue weighted by atomic mass is 127. The second-order valence-electron chi connectivity index (χ2n) is 5.99. The van der Waals surface area contributed by atoms with E-state index in [0.717, 1.165) is 28.2 Å². The molecule has 1 aromatic heterocycles. The Kier molecular flexibility index (Phi) is 18.8. The van der Waals surface area contributed by atoms with Crippen LogP contribution in [0.25, 0.3) is 11.0 Å². The first kappa shape index (κ1) is 28.9. The van der Waals surface area contributed by atoms with E-state index in [9.17, 15) is 0 Å². The van der Waals surface area contributed by atoms with Gasteiger partial charge in [0.2, 0.25) is 0 Å². The fourth-order valence-electron chi connectivity index (χ4n) is 2.42. The van der Waals surface area contributed by atoms with E-state index in [0.29, 0.717) is 19.8 Å². The zero-order valence-electron chi connectivity index (χ0n) is 22.5. The molecule has 8 nitrogen and oxygen atoms in total. The number of halogens is 2. The molecule has 0 unspecified atom stereocenters. The molecule has 0 aliphatic heterocycles. The Morgan fingerprint density at radius 3 is 1.85 bits per heavy atom. The number of furan rings is 1. The summed E-state index contributed by atoms with van der Waals surface area (Å²) in [6, 6.07) is 15.1. The molecule has 34 heavy (non-hydrogen) atoms. The van der Waals surface area contributed by atoms with Crippen LogP contribution in [0.1, 0.15) is 13.8 Å². The molecule has 1 heterocycles. The third kappa shape index (κ3) is 14.8. The summed E-state index contributed by atoms with van der Waals surface area (Å²) in [4.78, 5) is 0. The van der Waals surface area contributed by atoms with Gasteiger partial charge in [-0.3, -0.25) is 7.05 Å². The zero-order chi connectivity index (χ0) is 27.3. The summed E-state index contributed by atoms with van der Waals surface area (Å²) < 4.78 is 46.8. The molecule has 0 radical (unpaired) electrons. The van der Waals surface area contributed by atoms with Gasteiger partial charge in [0, 0.05) is 64.3 Å². The minimum atomic E-state index is -0.313. The maximum atomic E-state index is 6.40. The lowest BCUT2D eigenvalue weighted by molar-refractivity contribution is -0.152. The van der Waals surface area contributed by atoms with Crippen LogP contribution in [0.15, 0.2) is 59.2 Å². The molecule has 3 rings (SSSR count). The predicted octanol–water partition coefficient (Wildman–Crippen LogP) is 6.03. The molecule has 0 saturated carbocycles. The number of fused-ring (bicyclic) bond motifs is 1. The quantitative estimate of drug-likeness (QED) is 0.159. The van der Waals surface area contributed by atoms with Crippen molar-refractivity contribution in [1.29, 1.82) is 0 Å². The number of hydrogen-bond acceptors (Lipinski definition) is 8. The lowest BCUT2D eigenvalue weighted by atomic mass is 10.2. The number of methoxy groups -OCH3 is 2. The Hall–Kier alpha value is -1.32. The van der Waals surface area contributed by atoms with Crippen LogP contribution in [0.4, 0.5) is 0 Å². The van der Waals surface area contributed by atoms with E-state index < -0.39 is 0 Å². The highest BCUT2D eigenvalue weighted by molar-refractivity contribution is 14.1. The van der Waals surface area contributed by atoms with E-state index in [1.165, 1.54) is 7.05 Å². The van der Waals surface area contributed by atoms with Crippen molar-refractivity contribution in [2.45, 2.75) is 20.1 Å². The average molecular weight is 706 g/mol. The van der Waals surface area contributed by atoms with Gasteiger partial charge in [0.1, 0.15) is 32.3 Å². The standard InChI is InChI=1S/C13H20O4.C9H8O2.2CH4IN/c1-4-15-13(16-5-2)10-17-12-8-6-11(14-3)7-9-12;1-10-8-2-3-9-7(6-8)4-5-11-9;2*1-3-2/h6-9,13H,4-5,10H2,1-3H3;2-6H,1H3;2*3H,1H3/i/hT2. The van der Waals surface area contributed by atoms with Crippen LogP contribution in [0, 0.1) is 0 Å². The SMILES string of the molecule is CCOC(COc1ccc(OC)cc1)OCC.COc1ccc2occc2c1.[3H]N(C)I.[3H]N(C)I. The second-order valence-corrected chi connectivity index (χ2v) is 7.92. The van der Waals surface area contributed by atoms with Crippen molar-refractivity contribution >= 4 is 56.7 Å². The summed E-state index contributed by atoms with van der Waals surface area (Å²) >= 11 is 3.69. The Bertz CT molecular complexity index is 900. The van der Waals surface area contributed by atoms with Crippen molar-refractivity contribution < 1.29 is 30.9 Å². The first-order chi connectivity index (χ1) is 17.2. The summed E-state index contributed by atoms with van der Waals surface area (Å²) in [6.07, 6.45) is 1.36. The summed E-state index contributed by atoms with van der Waals surface area (Å²) in [5, 5.41) is 1.07. The molecule has 0 atom stereocenters. The number of benzene rings is 2. The van der Waals surface area contributed by atoms with E-state index in [2.05, 4.69) is 0 Å². The Morgan fingerprint density at radius 2 is 1.35 bits per heavy atom. The van der Waals surface area contributed by atoms with Gasteiger partial charge in [0.05, 0.1) is 20.5 Å². The van der Waals surface area contributed by atoms with Crippen LogP contribution in [-0.4, -0.2) is 54.4 Å². The molecule has 0 aliphatic carbocycles. The predicted molar refractivity (Wildman–Crippen MR) is 154 cm³/mol. The highest BCUT2D eigenvalue weighted by Crippen LogP contribution is 2.21. The van der Waals surface area contributed by atoms with Gasteiger partial charge in [0.15, 0.2) is 6.29 Å². The van der Waals surface area contributed by atoms with E-state index >= 15 is 0 Å². The van der Waals surface area contributed by atoms with Crippen LogP contribution in [0.5, 0.6) is 17.2 Å². The Morgan fingerprint density at radius 1 is 0.853 bits per heavy atom. The molecule has 2 aromatic carbocycles. The minimum Gasteiger partial charge on any atom is -0.497 e. The maximum absolute atomic E-state index is 6.40. The van der Waals surface area contributed by atoms with Crippen LogP contribution >= 0.6 is 45.7 Å². The normalized spacial score (nSPS) is 10.8. The topological polar surface area (TPSA) is 83.4 Å². The van der Waals surface area contributed by atoms with Gasteiger partial charge >= 0.3 is 0 Å². The molecule has 3 aromatic rings. The number of ether oxygens (including phenoxy) is 5. The molecular formula is C24H36I2N2O6. The smallest absolute Gasteiger partial charge is 0.191 e. The minimum absolute atomic E-state index is 0.313. The molecule has 10 heteroatoms. The fourth-order valence-corrected chi connectivity index (χ4v) is 2.42. The van der Waals surface area contributed by atoms with Crippen LogP contribution in [0.3, 0.4) is 0 Å². The largest absolute Gasteiger partial charge is 0.497 e. The second kappa shape index (κ2) is 22.2. The van der Waals surface area contributed by atoms with Crippen LogP contribution < -0.4 is 21.3 Å². The van der Waals surface area contributed by atoms with Gasteiger partial charge in [-0.2, -0.15) is 0 Å². The lowest BCUT2D eigenvalue weighted by Crippen LogP contribution is -2.25. The molecule has 0 fully saturated rings. The van der Waals surface area contributed by atoms with Gasteiger partial charge in [-0.1, -0.05) is 0 Å². The molecular weight excluding hydrogens is 666 g/mol. The molecule has 0 aliphatic rings. The summed E-state index contributed by atoms with van der Waals surface area (Å²) in [6.45, 7) is 5.46. The number of rotatable bonds is 9. The Balaban J connectivity index is 0.000000547. The van der Waals surface area contributed by atoms with E-state index in [4.69, 9.17) is 30.9 Å². The van der Waals surface area contributed by atoms with Crippen LogP contribution in [0.2, 0.25) is 2.82 Å². The lowest BCUT2D eigenvalue weighted by Gasteiger charge is -2.17. The third-order valence-corrected chi connectivity index (χ3v) is 3.81. The van der Waals surface area contributed by atoms with Crippen molar-refractivity contribution in [3.05, 3.63) is 54.8 Å². The number of nitrogens with one attached hydrogen (secondary N) is 2. The molecule has 2 N–H and O–H groups in total. The molecule has 0 spiro atoms. The summed E-state index contributed by atoms with van der Waals surface area (Å²) in [5.41, 5.74) is 0.894. The van der Waals surface area contributed by atoms with Gasteiger partial charge in [-0.05, 0) is 76.5 Å². The first-order valence-corrected chi connectivity index (χ1v) is 12.4. The van der Waals surface area contributed by atoms with Crippen molar-refractivity contribution in [1.82, 2.24) is 7.05 Å². The highest BCUT2D eigenvalue weighted by Gasteiger charge is 2.08. The van der Waals surface area contributed by atoms with Gasteiger partial charge in [0.25, 0.3) is 0 Å². The third-order valence-electron chi connectivity index (χ3n) is 3.81. The van der Waals surface area contributed by atoms with Crippen molar-refractivity contribution in [3.63, 3.8) is 0 Å². The Labute approximate surface area is 233 Å². The van der Waals surface area contributed by atoms with Crippen molar-refractivity contribution in [2.75, 3.05) is 48.1 Å². The first-order valence-electron chi connectivity index (χ1n) is 11.3. The van der Waals surface area contributed by atoms with E-state index in [1.54, 1.807) is 34.6 Å². The maximum Gasteiger partial charge on any atom is 0.191 e. The van der Waals surface area contributed by atoms with Gasteiger partial charge < -0.3 is 28.1 Å². The molecule has 0 amide bonds. The summed E-state index contributed by atoms with van der Waals surface area (Å²) in [7, 11) is 6.60. The van der Waals surface area contributed by atoms with Crippen molar-refractivity contribution in [2.24, 2.45) is 0 Å². The molecule has 192 valence electrons. The summed E-state index contributed by atoms with van der Waals surface area (Å²) in [5.74, 6) is 2.44. The zero-order valence-corrected chi connectivity index (χ0v) is 24.8. The van der Waals surface area contributed by atoms with Crippen molar-refractivity contribution in [3.8, 4) is 17.2 Å². The average Bonchev–Trinajstić information content (AvgIpc) is 3.31. The number of hydrogen-bond donors (Lipinski definition) is 2.